The number of carbonyl (C=O) groups excluding carboxylic acids is 1. The van der Waals surface area contributed by atoms with Gasteiger partial charge in [0, 0.05) is 19.0 Å². The van der Waals surface area contributed by atoms with Crippen LogP contribution in [0.3, 0.4) is 0 Å². The molecule has 1 aliphatic carbocycles. The largest absolute Gasteiger partial charge is 0.340 e. The van der Waals surface area contributed by atoms with Gasteiger partial charge in [-0.25, -0.2) is 4.98 Å². The van der Waals surface area contributed by atoms with Crippen LogP contribution >= 0.6 is 12.4 Å². The molecule has 0 aliphatic heterocycles. The first-order valence-corrected chi connectivity index (χ1v) is 7.34. The number of aromatic nitrogens is 2. The van der Waals surface area contributed by atoms with E-state index in [0.717, 1.165) is 36.0 Å². The Balaban J connectivity index is 0.00000176. The zero-order chi connectivity index (χ0) is 14.8. The number of amides is 1. The van der Waals surface area contributed by atoms with E-state index in [-0.39, 0.29) is 30.3 Å². The third-order valence-electron chi connectivity index (χ3n) is 4.10. The SMILES string of the molecule is CN(Cc1cnc2ccccc2n1)C(=O)[C@H]1CC[C@@H](N)C1.Cl. The quantitative estimate of drug-likeness (QED) is 0.940. The molecule has 1 heterocycles. The van der Waals surface area contributed by atoms with Crippen molar-refractivity contribution in [3.05, 3.63) is 36.2 Å². The summed E-state index contributed by atoms with van der Waals surface area (Å²) in [4.78, 5) is 23.1. The lowest BCUT2D eigenvalue weighted by molar-refractivity contribution is -0.134. The number of fused-ring (bicyclic) bond motifs is 1. The molecule has 1 aliphatic rings. The van der Waals surface area contributed by atoms with E-state index < -0.39 is 0 Å². The summed E-state index contributed by atoms with van der Waals surface area (Å²) in [7, 11) is 1.82. The molecule has 0 bridgehead atoms. The number of hydrogen-bond donors (Lipinski definition) is 1. The van der Waals surface area contributed by atoms with E-state index in [1.54, 1.807) is 11.1 Å². The van der Waals surface area contributed by atoms with Gasteiger partial charge >= 0.3 is 0 Å². The number of hydrogen-bond acceptors (Lipinski definition) is 4. The summed E-state index contributed by atoms with van der Waals surface area (Å²) in [5, 5.41) is 0. The summed E-state index contributed by atoms with van der Waals surface area (Å²) in [6, 6.07) is 7.92. The fraction of sp³-hybridized carbons (Fsp3) is 0.438. The molecular weight excluding hydrogens is 300 g/mol. The van der Waals surface area contributed by atoms with Crippen molar-refractivity contribution in [1.82, 2.24) is 14.9 Å². The molecule has 3 rings (SSSR count). The van der Waals surface area contributed by atoms with E-state index >= 15 is 0 Å². The Labute approximate surface area is 136 Å². The Morgan fingerprint density at radius 2 is 2.05 bits per heavy atom. The third-order valence-corrected chi connectivity index (χ3v) is 4.10. The molecule has 1 amide bonds. The van der Waals surface area contributed by atoms with Gasteiger partial charge in [-0.15, -0.1) is 12.4 Å². The second-order valence-electron chi connectivity index (χ2n) is 5.81. The molecule has 0 radical (unpaired) electrons. The minimum Gasteiger partial charge on any atom is -0.340 e. The Bertz CT molecular complexity index is 663. The Morgan fingerprint density at radius 1 is 1.32 bits per heavy atom. The fourth-order valence-electron chi connectivity index (χ4n) is 2.94. The lowest BCUT2D eigenvalue weighted by Gasteiger charge is -2.20. The number of benzene rings is 1. The zero-order valence-corrected chi connectivity index (χ0v) is 13.4. The van der Waals surface area contributed by atoms with Crippen LogP contribution in [-0.4, -0.2) is 33.9 Å². The highest BCUT2D eigenvalue weighted by atomic mass is 35.5. The topological polar surface area (TPSA) is 72.1 Å². The second-order valence-corrected chi connectivity index (χ2v) is 5.81. The number of nitrogens with two attached hydrogens (primary N) is 1. The predicted octanol–water partition coefficient (Wildman–Crippen LogP) is 2.14. The van der Waals surface area contributed by atoms with Gasteiger partial charge in [0.15, 0.2) is 0 Å². The minimum atomic E-state index is 0. The molecule has 118 valence electrons. The molecule has 1 fully saturated rings. The van der Waals surface area contributed by atoms with Crippen LogP contribution in [0.5, 0.6) is 0 Å². The van der Waals surface area contributed by atoms with Crippen molar-refractivity contribution in [1.29, 1.82) is 0 Å². The highest BCUT2D eigenvalue weighted by Gasteiger charge is 2.29. The van der Waals surface area contributed by atoms with E-state index in [1.165, 1.54) is 0 Å². The van der Waals surface area contributed by atoms with Crippen molar-refractivity contribution in [2.45, 2.75) is 31.8 Å². The van der Waals surface area contributed by atoms with E-state index in [1.807, 2.05) is 31.3 Å². The highest BCUT2D eigenvalue weighted by Crippen LogP contribution is 2.26. The van der Waals surface area contributed by atoms with Crippen LogP contribution in [0.1, 0.15) is 25.0 Å². The molecule has 1 aromatic carbocycles. The van der Waals surface area contributed by atoms with Gasteiger partial charge in [0.2, 0.25) is 5.91 Å². The Kier molecular flexibility index (Phi) is 5.32. The minimum absolute atomic E-state index is 0. The average Bonchev–Trinajstić information content (AvgIpc) is 2.93. The van der Waals surface area contributed by atoms with Crippen molar-refractivity contribution in [3.63, 3.8) is 0 Å². The summed E-state index contributed by atoms with van der Waals surface area (Å²) in [6.07, 6.45) is 4.38. The first kappa shape index (κ1) is 16.6. The zero-order valence-electron chi connectivity index (χ0n) is 12.6. The van der Waals surface area contributed by atoms with Gasteiger partial charge < -0.3 is 10.6 Å². The standard InChI is InChI=1S/C16H20N4O.ClH/c1-20(16(21)11-6-7-12(17)8-11)10-13-9-18-14-4-2-3-5-15(14)19-13;/h2-5,9,11-12H,6-8,10,17H2,1H3;1H/t11-,12+;/m0./s1. The molecule has 2 atom stereocenters. The van der Waals surface area contributed by atoms with Gasteiger partial charge in [-0.2, -0.15) is 0 Å². The number of carbonyl (C=O) groups is 1. The lowest BCUT2D eigenvalue weighted by atomic mass is 10.1. The van der Waals surface area contributed by atoms with Crippen LogP contribution < -0.4 is 5.73 Å². The fourth-order valence-corrected chi connectivity index (χ4v) is 2.94. The molecule has 1 aromatic heterocycles. The van der Waals surface area contributed by atoms with Gasteiger partial charge in [0.25, 0.3) is 0 Å². The second kappa shape index (κ2) is 7.03. The van der Waals surface area contributed by atoms with Gasteiger partial charge in [0.05, 0.1) is 29.5 Å². The highest BCUT2D eigenvalue weighted by molar-refractivity contribution is 5.85. The van der Waals surface area contributed by atoms with Crippen LogP contribution in [0.4, 0.5) is 0 Å². The number of para-hydroxylation sites is 2. The average molecular weight is 321 g/mol. The van der Waals surface area contributed by atoms with Gasteiger partial charge in [-0.05, 0) is 31.4 Å². The molecule has 0 saturated heterocycles. The van der Waals surface area contributed by atoms with Crippen molar-refractivity contribution >= 4 is 29.3 Å². The first-order valence-electron chi connectivity index (χ1n) is 7.34. The number of rotatable bonds is 3. The smallest absolute Gasteiger partial charge is 0.225 e. The molecule has 5 nitrogen and oxygen atoms in total. The van der Waals surface area contributed by atoms with Gasteiger partial charge in [-0.3, -0.25) is 9.78 Å². The van der Waals surface area contributed by atoms with Gasteiger partial charge in [-0.1, -0.05) is 12.1 Å². The molecular formula is C16H21ClN4O. The molecule has 1 saturated carbocycles. The van der Waals surface area contributed by atoms with E-state index in [2.05, 4.69) is 9.97 Å². The summed E-state index contributed by atoms with van der Waals surface area (Å²) in [5.41, 5.74) is 8.43. The van der Waals surface area contributed by atoms with E-state index in [9.17, 15) is 4.79 Å². The van der Waals surface area contributed by atoms with Crippen molar-refractivity contribution in [2.24, 2.45) is 11.7 Å². The Morgan fingerprint density at radius 3 is 2.73 bits per heavy atom. The molecule has 2 N–H and O–H groups in total. The summed E-state index contributed by atoms with van der Waals surface area (Å²) >= 11 is 0. The lowest BCUT2D eigenvalue weighted by Crippen LogP contribution is -2.32. The van der Waals surface area contributed by atoms with Gasteiger partial charge in [0.1, 0.15) is 0 Å². The maximum absolute atomic E-state index is 12.4. The molecule has 6 heteroatoms. The molecule has 2 aromatic rings. The number of halogens is 1. The maximum atomic E-state index is 12.4. The van der Waals surface area contributed by atoms with E-state index in [4.69, 9.17) is 5.73 Å². The molecule has 0 spiro atoms. The number of nitrogens with zero attached hydrogens (tertiary/aromatic N) is 3. The van der Waals surface area contributed by atoms with Crippen molar-refractivity contribution in [2.75, 3.05) is 7.05 Å². The molecule has 0 unspecified atom stereocenters. The van der Waals surface area contributed by atoms with Crippen LogP contribution in [-0.2, 0) is 11.3 Å². The summed E-state index contributed by atoms with van der Waals surface area (Å²) in [5.74, 6) is 0.233. The summed E-state index contributed by atoms with van der Waals surface area (Å²) < 4.78 is 0. The monoisotopic (exact) mass is 320 g/mol. The van der Waals surface area contributed by atoms with Crippen LogP contribution in [0.15, 0.2) is 30.5 Å². The molecule has 22 heavy (non-hydrogen) atoms. The predicted molar refractivity (Wildman–Crippen MR) is 88.6 cm³/mol. The van der Waals surface area contributed by atoms with Crippen LogP contribution in [0.25, 0.3) is 11.0 Å². The first-order chi connectivity index (χ1) is 10.1. The normalized spacial score (nSPS) is 20.6. The van der Waals surface area contributed by atoms with Crippen LogP contribution in [0, 0.1) is 5.92 Å². The third kappa shape index (κ3) is 3.54. The van der Waals surface area contributed by atoms with Crippen LogP contribution in [0.2, 0.25) is 0 Å². The van der Waals surface area contributed by atoms with Crippen molar-refractivity contribution < 1.29 is 4.79 Å². The van der Waals surface area contributed by atoms with E-state index in [0.29, 0.717) is 6.54 Å². The van der Waals surface area contributed by atoms with Crippen molar-refractivity contribution in [3.8, 4) is 0 Å². The Hall–Kier alpha value is -1.72. The maximum Gasteiger partial charge on any atom is 0.225 e. The summed E-state index contributed by atoms with van der Waals surface area (Å²) in [6.45, 7) is 0.488.